The number of halogens is 1. The van der Waals surface area contributed by atoms with Gasteiger partial charge in [-0.2, -0.15) is 0 Å². The Bertz CT molecular complexity index is 766. The molecule has 0 spiro atoms. The highest BCUT2D eigenvalue weighted by molar-refractivity contribution is 5.92. The molecule has 2 aromatic rings. The van der Waals surface area contributed by atoms with Gasteiger partial charge in [-0.25, -0.2) is 4.39 Å². The molecular weight excluding hydrogens is 331 g/mol. The van der Waals surface area contributed by atoms with Crippen LogP contribution in [0, 0.1) is 5.82 Å². The van der Waals surface area contributed by atoms with Gasteiger partial charge >= 0.3 is 0 Å². The van der Waals surface area contributed by atoms with Crippen molar-refractivity contribution >= 4 is 17.7 Å². The first-order valence-electron chi connectivity index (χ1n) is 8.86. The van der Waals surface area contributed by atoms with Gasteiger partial charge in [-0.1, -0.05) is 24.3 Å². The fourth-order valence-electron chi connectivity index (χ4n) is 3.01. The number of carbonyl (C=O) groups excluding carboxylic acids is 1. The van der Waals surface area contributed by atoms with Gasteiger partial charge in [-0.05, 0) is 42.8 Å². The molecule has 1 aliphatic heterocycles. The lowest BCUT2D eigenvalue weighted by atomic mass is 10.2. The van der Waals surface area contributed by atoms with Gasteiger partial charge in [0, 0.05) is 32.3 Å². The van der Waals surface area contributed by atoms with Gasteiger partial charge in [0.1, 0.15) is 11.6 Å². The second kappa shape index (κ2) is 8.52. The van der Waals surface area contributed by atoms with Gasteiger partial charge in [0.15, 0.2) is 0 Å². The summed E-state index contributed by atoms with van der Waals surface area (Å²) in [7, 11) is 0. The zero-order valence-corrected chi connectivity index (χ0v) is 14.9. The molecule has 0 saturated carbocycles. The first-order chi connectivity index (χ1) is 12.7. The molecule has 26 heavy (non-hydrogen) atoms. The molecule has 0 radical (unpaired) electrons. The van der Waals surface area contributed by atoms with E-state index in [1.54, 1.807) is 24.3 Å². The van der Waals surface area contributed by atoms with Gasteiger partial charge in [0.05, 0.1) is 12.3 Å². The number of ether oxygens (including phenoxy) is 1. The van der Waals surface area contributed by atoms with Crippen LogP contribution < -0.4 is 9.64 Å². The van der Waals surface area contributed by atoms with E-state index in [1.165, 1.54) is 12.1 Å². The third kappa shape index (κ3) is 4.42. The van der Waals surface area contributed by atoms with Crippen molar-refractivity contribution in [3.8, 4) is 5.75 Å². The second-order valence-electron chi connectivity index (χ2n) is 6.10. The Morgan fingerprint density at radius 2 is 1.77 bits per heavy atom. The highest BCUT2D eigenvalue weighted by Crippen LogP contribution is 2.28. The van der Waals surface area contributed by atoms with Crippen molar-refractivity contribution in [2.45, 2.75) is 6.92 Å². The standard InChI is InChI=1S/C21H23FN2O2/c1-2-26-20-6-4-3-5-19(20)23-13-15-24(16-14-23)21(25)12-9-17-7-10-18(22)11-8-17/h3-12H,2,13-16H2,1H3. The third-order valence-corrected chi connectivity index (χ3v) is 4.39. The maximum absolute atomic E-state index is 12.9. The van der Waals surface area contributed by atoms with E-state index in [9.17, 15) is 9.18 Å². The number of hydrogen-bond acceptors (Lipinski definition) is 3. The van der Waals surface area contributed by atoms with E-state index in [0.29, 0.717) is 19.7 Å². The number of para-hydroxylation sites is 2. The van der Waals surface area contributed by atoms with Gasteiger partial charge < -0.3 is 14.5 Å². The van der Waals surface area contributed by atoms with Crippen molar-refractivity contribution < 1.29 is 13.9 Å². The van der Waals surface area contributed by atoms with E-state index in [0.717, 1.165) is 30.1 Å². The van der Waals surface area contributed by atoms with Crippen molar-refractivity contribution in [3.63, 3.8) is 0 Å². The lowest BCUT2D eigenvalue weighted by Crippen LogP contribution is -2.48. The monoisotopic (exact) mass is 354 g/mol. The van der Waals surface area contributed by atoms with Crippen LogP contribution in [0.15, 0.2) is 54.6 Å². The number of hydrogen-bond donors (Lipinski definition) is 0. The van der Waals surface area contributed by atoms with Crippen LogP contribution >= 0.6 is 0 Å². The molecule has 3 rings (SSSR count). The topological polar surface area (TPSA) is 32.8 Å². The van der Waals surface area contributed by atoms with E-state index in [4.69, 9.17) is 4.74 Å². The number of rotatable bonds is 5. The zero-order chi connectivity index (χ0) is 18.4. The highest BCUT2D eigenvalue weighted by Gasteiger charge is 2.21. The molecular formula is C21H23FN2O2. The average Bonchev–Trinajstić information content (AvgIpc) is 2.68. The number of benzene rings is 2. The highest BCUT2D eigenvalue weighted by atomic mass is 19.1. The van der Waals surface area contributed by atoms with Crippen LogP contribution in [-0.2, 0) is 4.79 Å². The molecule has 4 nitrogen and oxygen atoms in total. The Balaban J connectivity index is 1.58. The average molecular weight is 354 g/mol. The summed E-state index contributed by atoms with van der Waals surface area (Å²) in [6.45, 7) is 5.45. The lowest BCUT2D eigenvalue weighted by Gasteiger charge is -2.36. The predicted molar refractivity (Wildman–Crippen MR) is 102 cm³/mol. The molecule has 5 heteroatoms. The summed E-state index contributed by atoms with van der Waals surface area (Å²) in [5.74, 6) is 0.579. The fraction of sp³-hybridized carbons (Fsp3) is 0.286. The van der Waals surface area contributed by atoms with Crippen molar-refractivity contribution in [2.24, 2.45) is 0 Å². The number of amides is 1. The van der Waals surface area contributed by atoms with Gasteiger partial charge in [-0.15, -0.1) is 0 Å². The van der Waals surface area contributed by atoms with E-state index < -0.39 is 0 Å². The van der Waals surface area contributed by atoms with E-state index in [2.05, 4.69) is 11.0 Å². The van der Waals surface area contributed by atoms with Gasteiger partial charge in [0.2, 0.25) is 5.91 Å². The summed E-state index contributed by atoms with van der Waals surface area (Å²) in [6.07, 6.45) is 3.27. The van der Waals surface area contributed by atoms with Crippen LogP contribution in [0.3, 0.4) is 0 Å². The summed E-state index contributed by atoms with van der Waals surface area (Å²) in [4.78, 5) is 16.5. The summed E-state index contributed by atoms with van der Waals surface area (Å²) in [5, 5.41) is 0. The Kier molecular flexibility index (Phi) is 5.89. The molecule has 0 N–H and O–H groups in total. The molecule has 1 amide bonds. The van der Waals surface area contributed by atoms with E-state index in [-0.39, 0.29) is 11.7 Å². The molecule has 1 fully saturated rings. The molecule has 1 aliphatic rings. The van der Waals surface area contributed by atoms with E-state index in [1.807, 2.05) is 30.0 Å². The van der Waals surface area contributed by atoms with Gasteiger partial charge in [0.25, 0.3) is 0 Å². The molecule has 0 atom stereocenters. The van der Waals surface area contributed by atoms with Crippen LogP contribution in [0.25, 0.3) is 6.08 Å². The Labute approximate surface area is 153 Å². The van der Waals surface area contributed by atoms with Crippen molar-refractivity contribution in [2.75, 3.05) is 37.7 Å². The maximum atomic E-state index is 12.9. The molecule has 0 bridgehead atoms. The molecule has 136 valence electrons. The predicted octanol–water partition coefficient (Wildman–Crippen LogP) is 3.59. The summed E-state index contributed by atoms with van der Waals surface area (Å²) >= 11 is 0. The molecule has 1 saturated heterocycles. The molecule has 1 heterocycles. The fourth-order valence-corrected chi connectivity index (χ4v) is 3.01. The Morgan fingerprint density at radius 3 is 2.46 bits per heavy atom. The lowest BCUT2D eigenvalue weighted by molar-refractivity contribution is -0.126. The minimum atomic E-state index is -0.281. The summed E-state index contributed by atoms with van der Waals surface area (Å²) < 4.78 is 18.6. The largest absolute Gasteiger partial charge is 0.492 e. The summed E-state index contributed by atoms with van der Waals surface area (Å²) in [6, 6.07) is 14.1. The third-order valence-electron chi connectivity index (χ3n) is 4.39. The quantitative estimate of drug-likeness (QED) is 0.770. The zero-order valence-electron chi connectivity index (χ0n) is 14.9. The van der Waals surface area contributed by atoms with Crippen molar-refractivity contribution in [1.29, 1.82) is 0 Å². The van der Waals surface area contributed by atoms with Crippen LogP contribution in [-0.4, -0.2) is 43.6 Å². The van der Waals surface area contributed by atoms with Crippen LogP contribution in [0.1, 0.15) is 12.5 Å². The number of nitrogens with zero attached hydrogens (tertiary/aromatic N) is 2. The van der Waals surface area contributed by atoms with Crippen LogP contribution in [0.4, 0.5) is 10.1 Å². The van der Waals surface area contributed by atoms with Crippen LogP contribution in [0.5, 0.6) is 5.75 Å². The SMILES string of the molecule is CCOc1ccccc1N1CCN(C(=O)C=Cc2ccc(F)cc2)CC1. The molecule has 0 aromatic heterocycles. The summed E-state index contributed by atoms with van der Waals surface area (Å²) in [5.41, 5.74) is 1.88. The second-order valence-corrected chi connectivity index (χ2v) is 6.10. The minimum absolute atomic E-state index is 0.0212. The maximum Gasteiger partial charge on any atom is 0.246 e. The van der Waals surface area contributed by atoms with Crippen LogP contribution in [0.2, 0.25) is 0 Å². The van der Waals surface area contributed by atoms with Crippen molar-refractivity contribution in [1.82, 2.24) is 4.90 Å². The Hall–Kier alpha value is -2.82. The molecule has 0 unspecified atom stereocenters. The molecule has 0 aliphatic carbocycles. The smallest absolute Gasteiger partial charge is 0.246 e. The first-order valence-corrected chi connectivity index (χ1v) is 8.86. The number of piperazine rings is 1. The normalized spacial score (nSPS) is 14.7. The minimum Gasteiger partial charge on any atom is -0.492 e. The van der Waals surface area contributed by atoms with Crippen molar-refractivity contribution in [3.05, 3.63) is 66.0 Å². The van der Waals surface area contributed by atoms with E-state index >= 15 is 0 Å². The molecule has 2 aromatic carbocycles. The number of carbonyl (C=O) groups is 1. The number of anilines is 1. The Morgan fingerprint density at radius 1 is 1.08 bits per heavy atom. The van der Waals surface area contributed by atoms with Gasteiger partial charge in [-0.3, -0.25) is 4.79 Å². The first kappa shape index (κ1) is 18.0.